The van der Waals surface area contributed by atoms with E-state index in [0.717, 1.165) is 18.9 Å². The van der Waals surface area contributed by atoms with Gasteiger partial charge in [0.2, 0.25) is 0 Å². The molecular weight excluding hydrogens is 258 g/mol. The summed E-state index contributed by atoms with van der Waals surface area (Å²) >= 11 is 0. The number of anilines is 1. The largest absolute Gasteiger partial charge is 0.416 e. The highest BCUT2D eigenvalue weighted by Gasteiger charge is 2.31. The first-order valence-electron chi connectivity index (χ1n) is 6.51. The van der Waals surface area contributed by atoms with Crippen molar-refractivity contribution in [1.82, 2.24) is 0 Å². The van der Waals surface area contributed by atoms with Crippen molar-refractivity contribution in [3.63, 3.8) is 0 Å². The average Bonchev–Trinajstić information content (AvgIpc) is 2.84. The lowest BCUT2D eigenvalue weighted by atomic mass is 9.99. The summed E-state index contributed by atoms with van der Waals surface area (Å²) in [4.78, 5) is 0. The van der Waals surface area contributed by atoms with E-state index in [1.165, 1.54) is 18.9 Å². The fraction of sp³-hybridized carbons (Fsp3) is 0.571. The number of alkyl halides is 3. The maximum Gasteiger partial charge on any atom is 0.416 e. The van der Waals surface area contributed by atoms with Crippen molar-refractivity contribution in [2.45, 2.75) is 44.8 Å². The van der Waals surface area contributed by atoms with Crippen LogP contribution in [-0.2, 0) is 6.18 Å². The molecule has 1 N–H and O–H groups in total. The van der Waals surface area contributed by atoms with Crippen LogP contribution in [0.2, 0.25) is 0 Å². The molecule has 0 heterocycles. The SMILES string of the molecule is CC(Nc1ccc(C(F)(F)F)cc1F)C1CCCC1. The summed E-state index contributed by atoms with van der Waals surface area (Å²) in [6.45, 7) is 1.95. The maximum atomic E-state index is 13.7. The third kappa shape index (κ3) is 3.39. The molecule has 0 amide bonds. The number of rotatable bonds is 3. The third-order valence-electron chi connectivity index (χ3n) is 3.79. The molecule has 1 aliphatic rings. The summed E-state index contributed by atoms with van der Waals surface area (Å²) in [6, 6.07) is 2.70. The van der Waals surface area contributed by atoms with Crippen molar-refractivity contribution in [2.75, 3.05) is 5.32 Å². The van der Waals surface area contributed by atoms with Crippen LogP contribution < -0.4 is 5.32 Å². The van der Waals surface area contributed by atoms with Gasteiger partial charge in [0.05, 0.1) is 11.3 Å². The molecule has 0 bridgehead atoms. The van der Waals surface area contributed by atoms with E-state index in [4.69, 9.17) is 0 Å². The van der Waals surface area contributed by atoms with Crippen molar-refractivity contribution in [1.29, 1.82) is 0 Å². The molecule has 0 spiro atoms. The summed E-state index contributed by atoms with van der Waals surface area (Å²) in [5.74, 6) is -0.374. The quantitative estimate of drug-likeness (QED) is 0.779. The van der Waals surface area contributed by atoms with E-state index in [1.807, 2.05) is 6.92 Å². The van der Waals surface area contributed by atoms with E-state index in [2.05, 4.69) is 5.32 Å². The van der Waals surface area contributed by atoms with E-state index < -0.39 is 17.6 Å². The van der Waals surface area contributed by atoms with Gasteiger partial charge in [-0.1, -0.05) is 12.8 Å². The average molecular weight is 275 g/mol. The summed E-state index contributed by atoms with van der Waals surface area (Å²) in [5.41, 5.74) is -0.809. The molecule has 1 aromatic carbocycles. The Morgan fingerprint density at radius 2 is 1.84 bits per heavy atom. The highest BCUT2D eigenvalue weighted by atomic mass is 19.4. The fourth-order valence-corrected chi connectivity index (χ4v) is 2.63. The lowest BCUT2D eigenvalue weighted by molar-refractivity contribution is -0.137. The van der Waals surface area contributed by atoms with Crippen LogP contribution >= 0.6 is 0 Å². The van der Waals surface area contributed by atoms with Gasteiger partial charge in [0.25, 0.3) is 0 Å². The predicted molar refractivity (Wildman–Crippen MR) is 66.4 cm³/mol. The number of hydrogen-bond donors (Lipinski definition) is 1. The molecule has 1 atom stereocenters. The normalized spacial score (nSPS) is 18.6. The zero-order chi connectivity index (χ0) is 14.0. The van der Waals surface area contributed by atoms with E-state index in [0.29, 0.717) is 12.0 Å². The van der Waals surface area contributed by atoms with Crippen molar-refractivity contribution in [3.05, 3.63) is 29.6 Å². The molecule has 1 saturated carbocycles. The van der Waals surface area contributed by atoms with Crippen LogP contribution in [0.3, 0.4) is 0 Å². The van der Waals surface area contributed by atoms with E-state index in [9.17, 15) is 17.6 Å². The molecule has 1 aliphatic carbocycles. The molecule has 1 nitrogen and oxygen atoms in total. The first-order valence-corrected chi connectivity index (χ1v) is 6.51. The Hall–Kier alpha value is -1.26. The maximum absolute atomic E-state index is 13.7. The second kappa shape index (κ2) is 5.39. The first kappa shape index (κ1) is 14.2. The van der Waals surface area contributed by atoms with Crippen molar-refractivity contribution in [2.24, 2.45) is 5.92 Å². The van der Waals surface area contributed by atoms with Gasteiger partial charge in [-0.2, -0.15) is 13.2 Å². The Bertz CT molecular complexity index is 436. The van der Waals surface area contributed by atoms with Gasteiger partial charge >= 0.3 is 6.18 Å². The van der Waals surface area contributed by atoms with Crippen LogP contribution in [0.15, 0.2) is 18.2 Å². The second-order valence-corrected chi connectivity index (χ2v) is 5.17. The molecule has 0 radical (unpaired) electrons. The molecule has 5 heteroatoms. The van der Waals surface area contributed by atoms with Crippen LogP contribution in [0.4, 0.5) is 23.2 Å². The van der Waals surface area contributed by atoms with Gasteiger partial charge in [-0.15, -0.1) is 0 Å². The van der Waals surface area contributed by atoms with Gasteiger partial charge in [-0.05, 0) is 43.9 Å². The van der Waals surface area contributed by atoms with Gasteiger partial charge in [0, 0.05) is 6.04 Å². The Labute approximate surface area is 110 Å². The molecule has 2 rings (SSSR count). The van der Waals surface area contributed by atoms with Crippen LogP contribution in [0, 0.1) is 11.7 Å². The van der Waals surface area contributed by atoms with Crippen LogP contribution in [-0.4, -0.2) is 6.04 Å². The molecule has 1 fully saturated rings. The molecule has 1 unspecified atom stereocenters. The standard InChI is InChI=1S/C14H17F4N/c1-9(10-4-2-3-5-10)19-13-7-6-11(8-12(13)15)14(16,17)18/h6-10,19H,2-5H2,1H3. The number of benzene rings is 1. The van der Waals surface area contributed by atoms with Gasteiger partial charge in [0.1, 0.15) is 5.82 Å². The predicted octanol–water partition coefficient (Wildman–Crippen LogP) is 4.84. The van der Waals surface area contributed by atoms with Crippen LogP contribution in [0.5, 0.6) is 0 Å². The van der Waals surface area contributed by atoms with Crippen molar-refractivity contribution >= 4 is 5.69 Å². The Morgan fingerprint density at radius 1 is 1.21 bits per heavy atom. The van der Waals surface area contributed by atoms with Gasteiger partial charge < -0.3 is 5.32 Å². The highest BCUT2D eigenvalue weighted by Crippen LogP contribution is 2.33. The molecule has 0 aliphatic heterocycles. The lowest BCUT2D eigenvalue weighted by Crippen LogP contribution is -2.24. The summed E-state index contributed by atoms with van der Waals surface area (Å²) in [5, 5.41) is 2.99. The monoisotopic (exact) mass is 275 g/mol. The second-order valence-electron chi connectivity index (χ2n) is 5.17. The molecule has 0 aromatic heterocycles. The Balaban J connectivity index is 2.08. The molecule has 1 aromatic rings. The smallest absolute Gasteiger partial charge is 0.380 e. The molecular formula is C14H17F4N. The topological polar surface area (TPSA) is 12.0 Å². The molecule has 0 saturated heterocycles. The van der Waals surface area contributed by atoms with Crippen LogP contribution in [0.25, 0.3) is 0 Å². The zero-order valence-corrected chi connectivity index (χ0v) is 10.7. The minimum Gasteiger partial charge on any atom is -0.380 e. The van der Waals surface area contributed by atoms with Crippen LogP contribution in [0.1, 0.15) is 38.2 Å². The van der Waals surface area contributed by atoms with Crippen molar-refractivity contribution in [3.8, 4) is 0 Å². The van der Waals surface area contributed by atoms with Gasteiger partial charge in [-0.25, -0.2) is 4.39 Å². The minimum atomic E-state index is -4.50. The van der Waals surface area contributed by atoms with E-state index in [1.54, 1.807) is 0 Å². The highest BCUT2D eigenvalue weighted by molar-refractivity contribution is 5.47. The summed E-state index contributed by atoms with van der Waals surface area (Å²) in [6.07, 6.45) is 0.0294. The summed E-state index contributed by atoms with van der Waals surface area (Å²) < 4.78 is 50.9. The minimum absolute atomic E-state index is 0.0775. The molecule has 106 valence electrons. The van der Waals surface area contributed by atoms with Gasteiger partial charge in [0.15, 0.2) is 0 Å². The Morgan fingerprint density at radius 3 is 2.37 bits per heavy atom. The number of halogens is 4. The third-order valence-corrected chi connectivity index (χ3v) is 3.79. The first-order chi connectivity index (χ1) is 8.88. The lowest BCUT2D eigenvalue weighted by Gasteiger charge is -2.22. The van der Waals surface area contributed by atoms with E-state index in [-0.39, 0.29) is 11.7 Å². The fourth-order valence-electron chi connectivity index (χ4n) is 2.63. The van der Waals surface area contributed by atoms with Crippen molar-refractivity contribution < 1.29 is 17.6 Å². The number of hydrogen-bond acceptors (Lipinski definition) is 1. The zero-order valence-electron chi connectivity index (χ0n) is 10.7. The number of nitrogens with one attached hydrogen (secondary N) is 1. The Kier molecular flexibility index (Phi) is 4.02. The van der Waals surface area contributed by atoms with E-state index >= 15 is 0 Å². The molecule has 19 heavy (non-hydrogen) atoms. The summed E-state index contributed by atoms with van der Waals surface area (Å²) in [7, 11) is 0. The van der Waals surface area contributed by atoms with Gasteiger partial charge in [-0.3, -0.25) is 0 Å².